The van der Waals surface area contributed by atoms with Crippen molar-refractivity contribution in [3.05, 3.63) is 53.7 Å². The van der Waals surface area contributed by atoms with Gasteiger partial charge >= 0.3 is 0 Å². The van der Waals surface area contributed by atoms with Gasteiger partial charge in [0.2, 0.25) is 0 Å². The molecule has 0 saturated carbocycles. The van der Waals surface area contributed by atoms with Crippen molar-refractivity contribution < 1.29 is 13.5 Å². The van der Waals surface area contributed by atoms with Crippen LogP contribution >= 0.6 is 0 Å². The van der Waals surface area contributed by atoms with Gasteiger partial charge in [-0.3, -0.25) is 0 Å². The molecule has 0 spiro atoms. The minimum atomic E-state index is -0.252. The first-order valence-electron chi connectivity index (χ1n) is 4.67. The highest BCUT2D eigenvalue weighted by atomic mass is 19.1. The van der Waals surface area contributed by atoms with E-state index in [-0.39, 0.29) is 5.82 Å². The summed E-state index contributed by atoms with van der Waals surface area (Å²) >= 11 is 0. The Morgan fingerprint density at radius 3 is 2.87 bits per heavy atom. The SMILES string of the molecule is Cc1cc(F)ccc1OCc1ccco1. The Balaban J connectivity index is 2.05. The minimum Gasteiger partial charge on any atom is -0.485 e. The Bertz CT molecular complexity index is 435. The number of furan rings is 1. The zero-order chi connectivity index (χ0) is 10.7. The molecule has 1 aromatic heterocycles. The molecule has 0 aliphatic carbocycles. The Morgan fingerprint density at radius 2 is 2.20 bits per heavy atom. The minimum absolute atomic E-state index is 0.252. The van der Waals surface area contributed by atoms with Crippen molar-refractivity contribution in [2.75, 3.05) is 0 Å². The van der Waals surface area contributed by atoms with Crippen LogP contribution in [0.4, 0.5) is 4.39 Å². The molecule has 2 rings (SSSR count). The van der Waals surface area contributed by atoms with Crippen molar-refractivity contribution in [3.63, 3.8) is 0 Å². The topological polar surface area (TPSA) is 22.4 Å². The number of ether oxygens (including phenoxy) is 1. The zero-order valence-electron chi connectivity index (χ0n) is 8.37. The van der Waals surface area contributed by atoms with Gasteiger partial charge in [0, 0.05) is 0 Å². The average Bonchev–Trinajstić information content (AvgIpc) is 2.69. The lowest BCUT2D eigenvalue weighted by molar-refractivity contribution is 0.268. The number of rotatable bonds is 3. The summed E-state index contributed by atoms with van der Waals surface area (Å²) in [6, 6.07) is 8.07. The number of hydrogen-bond donors (Lipinski definition) is 0. The van der Waals surface area contributed by atoms with E-state index in [0.29, 0.717) is 12.4 Å². The Kier molecular flexibility index (Phi) is 2.72. The van der Waals surface area contributed by atoms with Crippen LogP contribution in [-0.2, 0) is 6.61 Å². The first-order chi connectivity index (χ1) is 7.25. The molecule has 0 bridgehead atoms. The van der Waals surface area contributed by atoms with E-state index in [9.17, 15) is 4.39 Å². The van der Waals surface area contributed by atoms with Crippen molar-refractivity contribution in [2.45, 2.75) is 13.5 Å². The summed E-state index contributed by atoms with van der Waals surface area (Å²) in [7, 11) is 0. The van der Waals surface area contributed by atoms with Crippen molar-refractivity contribution in [1.29, 1.82) is 0 Å². The molecule has 0 radical (unpaired) electrons. The Morgan fingerprint density at radius 1 is 1.33 bits per heavy atom. The van der Waals surface area contributed by atoms with Crippen LogP contribution < -0.4 is 4.74 Å². The van der Waals surface area contributed by atoms with Gasteiger partial charge in [0.25, 0.3) is 0 Å². The quantitative estimate of drug-likeness (QED) is 0.768. The summed E-state index contributed by atoms with van der Waals surface area (Å²) in [5, 5.41) is 0. The molecule has 15 heavy (non-hydrogen) atoms. The van der Waals surface area contributed by atoms with Gasteiger partial charge in [-0.25, -0.2) is 4.39 Å². The standard InChI is InChI=1S/C12H11FO2/c1-9-7-10(13)4-5-12(9)15-8-11-3-2-6-14-11/h2-7H,8H2,1H3. The van der Waals surface area contributed by atoms with Crippen LogP contribution in [0.3, 0.4) is 0 Å². The highest BCUT2D eigenvalue weighted by Gasteiger charge is 2.02. The summed E-state index contributed by atoms with van der Waals surface area (Å²) in [5.41, 5.74) is 0.779. The summed E-state index contributed by atoms with van der Waals surface area (Å²) in [6.07, 6.45) is 1.59. The Hall–Kier alpha value is -1.77. The van der Waals surface area contributed by atoms with Crippen molar-refractivity contribution in [2.24, 2.45) is 0 Å². The van der Waals surface area contributed by atoms with Gasteiger partial charge in [-0.05, 0) is 42.8 Å². The molecule has 1 heterocycles. The van der Waals surface area contributed by atoms with Crippen LogP contribution in [0.2, 0.25) is 0 Å². The maximum absolute atomic E-state index is 12.8. The van der Waals surface area contributed by atoms with E-state index in [0.717, 1.165) is 11.3 Å². The van der Waals surface area contributed by atoms with Crippen LogP contribution in [0.1, 0.15) is 11.3 Å². The molecule has 0 amide bonds. The van der Waals surface area contributed by atoms with Gasteiger partial charge in [-0.15, -0.1) is 0 Å². The smallest absolute Gasteiger partial charge is 0.146 e. The molecule has 1 aromatic carbocycles. The van der Waals surface area contributed by atoms with Gasteiger partial charge in [0.15, 0.2) is 0 Å². The highest BCUT2D eigenvalue weighted by Crippen LogP contribution is 2.19. The molecule has 2 nitrogen and oxygen atoms in total. The maximum Gasteiger partial charge on any atom is 0.146 e. The van der Waals surface area contributed by atoms with E-state index >= 15 is 0 Å². The predicted octanol–water partition coefficient (Wildman–Crippen LogP) is 3.31. The molecule has 78 valence electrons. The van der Waals surface area contributed by atoms with E-state index < -0.39 is 0 Å². The second kappa shape index (κ2) is 4.17. The average molecular weight is 206 g/mol. The van der Waals surface area contributed by atoms with Gasteiger partial charge < -0.3 is 9.15 Å². The van der Waals surface area contributed by atoms with E-state index in [2.05, 4.69) is 0 Å². The van der Waals surface area contributed by atoms with E-state index in [1.54, 1.807) is 25.3 Å². The van der Waals surface area contributed by atoms with Crippen molar-refractivity contribution in [3.8, 4) is 5.75 Å². The van der Waals surface area contributed by atoms with E-state index in [4.69, 9.17) is 9.15 Å². The molecular weight excluding hydrogens is 195 g/mol. The summed E-state index contributed by atoms with van der Waals surface area (Å²) < 4.78 is 23.4. The first kappa shape index (κ1) is 9.77. The van der Waals surface area contributed by atoms with Crippen molar-refractivity contribution in [1.82, 2.24) is 0 Å². The summed E-state index contributed by atoms with van der Waals surface area (Å²) in [5.74, 6) is 1.17. The fraction of sp³-hybridized carbons (Fsp3) is 0.167. The van der Waals surface area contributed by atoms with Crippen LogP contribution in [0.15, 0.2) is 41.0 Å². The van der Waals surface area contributed by atoms with Crippen molar-refractivity contribution >= 4 is 0 Å². The largest absolute Gasteiger partial charge is 0.485 e. The third kappa shape index (κ3) is 2.37. The Labute approximate surface area is 87.3 Å². The number of aryl methyl sites for hydroxylation is 1. The monoisotopic (exact) mass is 206 g/mol. The van der Waals surface area contributed by atoms with Gasteiger partial charge in [0.1, 0.15) is 23.9 Å². The zero-order valence-corrected chi connectivity index (χ0v) is 8.37. The van der Waals surface area contributed by atoms with E-state index in [1.165, 1.54) is 12.1 Å². The second-order valence-electron chi connectivity index (χ2n) is 3.28. The maximum atomic E-state index is 12.8. The lowest BCUT2D eigenvalue weighted by Crippen LogP contribution is -1.95. The fourth-order valence-electron chi connectivity index (χ4n) is 1.32. The lowest BCUT2D eigenvalue weighted by atomic mass is 10.2. The first-order valence-corrected chi connectivity index (χ1v) is 4.67. The molecule has 0 aliphatic heterocycles. The molecule has 0 fully saturated rings. The van der Waals surface area contributed by atoms with Crippen LogP contribution in [0.25, 0.3) is 0 Å². The molecule has 0 N–H and O–H groups in total. The predicted molar refractivity (Wildman–Crippen MR) is 54.2 cm³/mol. The third-order valence-corrected chi connectivity index (χ3v) is 2.09. The third-order valence-electron chi connectivity index (χ3n) is 2.09. The van der Waals surface area contributed by atoms with Gasteiger partial charge in [-0.2, -0.15) is 0 Å². The van der Waals surface area contributed by atoms with Crippen LogP contribution in [0.5, 0.6) is 5.75 Å². The summed E-state index contributed by atoms with van der Waals surface area (Å²) in [4.78, 5) is 0. The molecule has 0 saturated heterocycles. The van der Waals surface area contributed by atoms with Crippen LogP contribution in [0, 0.1) is 12.7 Å². The summed E-state index contributed by atoms with van der Waals surface area (Å²) in [6.45, 7) is 2.17. The molecule has 0 atom stereocenters. The molecule has 2 aromatic rings. The molecular formula is C12H11FO2. The lowest BCUT2D eigenvalue weighted by Gasteiger charge is -2.07. The van der Waals surface area contributed by atoms with Crippen LogP contribution in [-0.4, -0.2) is 0 Å². The molecule has 0 aliphatic rings. The normalized spacial score (nSPS) is 10.3. The number of hydrogen-bond acceptors (Lipinski definition) is 2. The molecule has 3 heteroatoms. The van der Waals surface area contributed by atoms with Gasteiger partial charge in [-0.1, -0.05) is 0 Å². The van der Waals surface area contributed by atoms with E-state index in [1.807, 2.05) is 6.07 Å². The second-order valence-corrected chi connectivity index (χ2v) is 3.28. The number of benzene rings is 1. The molecule has 0 unspecified atom stereocenters. The fourth-order valence-corrected chi connectivity index (χ4v) is 1.32. The number of halogens is 1. The highest BCUT2D eigenvalue weighted by molar-refractivity contribution is 5.32. The van der Waals surface area contributed by atoms with Gasteiger partial charge in [0.05, 0.1) is 6.26 Å².